The van der Waals surface area contributed by atoms with Crippen LogP contribution in [0.1, 0.15) is 10.4 Å². The van der Waals surface area contributed by atoms with Crippen LogP contribution < -0.4 is 5.32 Å². The van der Waals surface area contributed by atoms with Crippen LogP contribution in [0.4, 0.5) is 0 Å². The van der Waals surface area contributed by atoms with E-state index in [1.807, 2.05) is 31.3 Å². The first-order valence-corrected chi connectivity index (χ1v) is 8.29. The molecule has 3 rings (SSSR count). The Kier molecular flexibility index (Phi) is 9.94. The molecule has 10 nitrogen and oxygen atoms in total. The van der Waals surface area contributed by atoms with Crippen molar-refractivity contribution in [1.29, 1.82) is 0 Å². The molecule has 1 fully saturated rings. The summed E-state index contributed by atoms with van der Waals surface area (Å²) in [6.07, 6.45) is 3.44. The molecule has 0 saturated carbocycles. The van der Waals surface area contributed by atoms with Crippen molar-refractivity contribution in [2.75, 3.05) is 27.2 Å². The highest BCUT2D eigenvalue weighted by Crippen LogP contribution is 2.20. The Morgan fingerprint density at radius 1 is 1.29 bits per heavy atom. The quantitative estimate of drug-likeness (QED) is 0.552. The molecule has 0 radical (unpaired) electrons. The van der Waals surface area contributed by atoms with E-state index < -0.39 is 0 Å². The molecule has 0 bridgehead atoms. The molecule has 0 spiro atoms. The van der Waals surface area contributed by atoms with Gasteiger partial charge in [-0.3, -0.25) is 14.4 Å². The van der Waals surface area contributed by atoms with Gasteiger partial charge in [0.15, 0.2) is 0 Å². The standard InChI is InChI=1S/C16H20N4O2.2CH2O2/c1-20-9-13(14(10-20)22-2)19-16(21)12-6-4-3-5-11(12)15-17-7-8-18-15;2*2-1-3/h3-8,13-14H,9-10H2,1-2H3,(H,17,18)(H,19,21);2*1H,(H,2,3)/t13-,14-;;/m0../s1. The molecule has 1 saturated heterocycles. The van der Waals surface area contributed by atoms with Crippen molar-refractivity contribution >= 4 is 18.9 Å². The second-order valence-electron chi connectivity index (χ2n) is 5.77. The van der Waals surface area contributed by atoms with Gasteiger partial charge in [0.1, 0.15) is 5.82 Å². The summed E-state index contributed by atoms with van der Waals surface area (Å²) in [6.45, 7) is 1.11. The summed E-state index contributed by atoms with van der Waals surface area (Å²) >= 11 is 0. The van der Waals surface area contributed by atoms with E-state index in [1.165, 1.54) is 0 Å². The van der Waals surface area contributed by atoms with Gasteiger partial charge in [-0.25, -0.2) is 4.98 Å². The van der Waals surface area contributed by atoms with E-state index in [4.69, 9.17) is 24.5 Å². The van der Waals surface area contributed by atoms with Crippen LogP contribution in [0, 0.1) is 0 Å². The minimum atomic E-state index is -0.250. The SMILES string of the molecule is CO[C@H]1CN(C)C[C@@H]1NC(=O)c1ccccc1-c1ncc[nH]1.O=CO.O=CO. The Balaban J connectivity index is 0.000000582. The number of amides is 1. The molecule has 2 atom stereocenters. The normalized spacial score (nSPS) is 18.1. The minimum absolute atomic E-state index is 0.00726. The topological polar surface area (TPSA) is 145 Å². The summed E-state index contributed by atoms with van der Waals surface area (Å²) in [4.78, 5) is 38.8. The van der Waals surface area contributed by atoms with Gasteiger partial charge in [-0.05, 0) is 13.1 Å². The number of H-pyrrole nitrogens is 1. The molecule has 1 aliphatic heterocycles. The number of carbonyl (C=O) groups excluding carboxylic acids is 1. The highest BCUT2D eigenvalue weighted by Gasteiger charge is 2.32. The number of likely N-dealkylation sites (N-methyl/N-ethyl adjacent to an activating group) is 1. The average Bonchev–Trinajstić information content (AvgIpc) is 3.32. The molecule has 28 heavy (non-hydrogen) atoms. The van der Waals surface area contributed by atoms with E-state index >= 15 is 0 Å². The average molecular weight is 392 g/mol. The third-order valence-electron chi connectivity index (χ3n) is 3.99. The molecule has 4 N–H and O–H groups in total. The zero-order valence-electron chi connectivity index (χ0n) is 15.6. The fourth-order valence-corrected chi connectivity index (χ4v) is 2.89. The third kappa shape index (κ3) is 6.49. The van der Waals surface area contributed by atoms with Crippen molar-refractivity contribution in [1.82, 2.24) is 20.2 Å². The lowest BCUT2D eigenvalue weighted by Gasteiger charge is -2.19. The maximum Gasteiger partial charge on any atom is 0.290 e. The summed E-state index contributed by atoms with van der Waals surface area (Å²) < 4.78 is 5.46. The molecule has 2 heterocycles. The van der Waals surface area contributed by atoms with Crippen LogP contribution in [0.3, 0.4) is 0 Å². The maximum absolute atomic E-state index is 12.7. The van der Waals surface area contributed by atoms with Crippen molar-refractivity contribution in [2.24, 2.45) is 0 Å². The zero-order chi connectivity index (χ0) is 20.9. The molecule has 2 aromatic rings. The van der Waals surface area contributed by atoms with Crippen LogP contribution in [0.15, 0.2) is 36.7 Å². The molecule has 1 amide bonds. The first kappa shape index (κ1) is 22.8. The number of benzene rings is 1. The number of carbonyl (C=O) groups is 3. The molecule has 1 aliphatic rings. The number of hydrogen-bond acceptors (Lipinski definition) is 6. The third-order valence-corrected chi connectivity index (χ3v) is 3.99. The number of methoxy groups -OCH3 is 1. The Bertz CT molecular complexity index is 731. The van der Waals surface area contributed by atoms with E-state index in [9.17, 15) is 4.79 Å². The molecule has 1 aromatic carbocycles. The van der Waals surface area contributed by atoms with Gasteiger partial charge < -0.3 is 30.2 Å². The molecule has 0 aliphatic carbocycles. The number of aromatic amines is 1. The second kappa shape index (κ2) is 12.2. The van der Waals surface area contributed by atoms with Crippen LogP contribution in [0.5, 0.6) is 0 Å². The second-order valence-corrected chi connectivity index (χ2v) is 5.77. The van der Waals surface area contributed by atoms with Crippen molar-refractivity contribution in [2.45, 2.75) is 12.1 Å². The zero-order valence-corrected chi connectivity index (χ0v) is 15.6. The van der Waals surface area contributed by atoms with Gasteiger partial charge in [0.05, 0.1) is 17.7 Å². The number of nitrogens with one attached hydrogen (secondary N) is 2. The van der Waals surface area contributed by atoms with Gasteiger partial charge in [0, 0.05) is 38.2 Å². The van der Waals surface area contributed by atoms with Gasteiger partial charge in [0.2, 0.25) is 0 Å². The number of imidazole rings is 1. The van der Waals surface area contributed by atoms with E-state index in [2.05, 4.69) is 20.2 Å². The summed E-state index contributed by atoms with van der Waals surface area (Å²) in [5.41, 5.74) is 1.41. The molecule has 0 unspecified atom stereocenters. The fourth-order valence-electron chi connectivity index (χ4n) is 2.89. The van der Waals surface area contributed by atoms with E-state index in [0.29, 0.717) is 11.4 Å². The largest absolute Gasteiger partial charge is 0.483 e. The van der Waals surface area contributed by atoms with Crippen LogP contribution in [0.2, 0.25) is 0 Å². The maximum atomic E-state index is 12.7. The van der Waals surface area contributed by atoms with Crippen molar-refractivity contribution in [3.8, 4) is 11.4 Å². The Morgan fingerprint density at radius 2 is 1.93 bits per heavy atom. The highest BCUT2D eigenvalue weighted by atomic mass is 16.5. The molecular formula is C18H24N4O6. The lowest BCUT2D eigenvalue weighted by atomic mass is 10.1. The molecule has 152 valence electrons. The summed E-state index contributed by atoms with van der Waals surface area (Å²) in [6, 6.07) is 7.45. The first-order valence-electron chi connectivity index (χ1n) is 8.29. The lowest BCUT2D eigenvalue weighted by molar-refractivity contribution is -0.123. The van der Waals surface area contributed by atoms with Gasteiger partial charge in [-0.15, -0.1) is 0 Å². The summed E-state index contributed by atoms with van der Waals surface area (Å²) in [7, 11) is 3.70. The lowest BCUT2D eigenvalue weighted by Crippen LogP contribution is -2.43. The van der Waals surface area contributed by atoms with Gasteiger partial charge in [0.25, 0.3) is 18.9 Å². The predicted octanol–water partition coefficient (Wildman–Crippen LogP) is 0.537. The Labute approximate surface area is 162 Å². The van der Waals surface area contributed by atoms with E-state index in [1.54, 1.807) is 19.5 Å². The molecule has 1 aromatic heterocycles. The molecular weight excluding hydrogens is 368 g/mol. The highest BCUT2D eigenvalue weighted by molar-refractivity contribution is 6.00. The van der Waals surface area contributed by atoms with Crippen molar-refractivity contribution < 1.29 is 29.3 Å². The van der Waals surface area contributed by atoms with Crippen LogP contribution in [-0.2, 0) is 14.3 Å². The number of hydrogen-bond donors (Lipinski definition) is 4. The number of nitrogens with zero attached hydrogens (tertiary/aromatic N) is 2. The van der Waals surface area contributed by atoms with Crippen LogP contribution >= 0.6 is 0 Å². The van der Waals surface area contributed by atoms with Gasteiger partial charge in [-0.1, -0.05) is 18.2 Å². The summed E-state index contributed by atoms with van der Waals surface area (Å²) in [5.74, 6) is 0.590. The number of likely N-dealkylation sites (tertiary alicyclic amines) is 1. The number of aromatic nitrogens is 2. The van der Waals surface area contributed by atoms with Crippen LogP contribution in [0.25, 0.3) is 11.4 Å². The monoisotopic (exact) mass is 392 g/mol. The van der Waals surface area contributed by atoms with Gasteiger partial charge >= 0.3 is 0 Å². The Hall–Kier alpha value is -3.24. The number of ether oxygens (including phenoxy) is 1. The molecule has 10 heteroatoms. The number of rotatable bonds is 4. The van der Waals surface area contributed by atoms with Gasteiger partial charge in [-0.2, -0.15) is 0 Å². The fraction of sp³-hybridized carbons (Fsp3) is 0.333. The minimum Gasteiger partial charge on any atom is -0.483 e. The van der Waals surface area contributed by atoms with E-state index in [-0.39, 0.29) is 31.0 Å². The predicted molar refractivity (Wildman–Crippen MR) is 101 cm³/mol. The summed E-state index contributed by atoms with van der Waals surface area (Å²) in [5, 5.41) is 16.9. The Morgan fingerprint density at radius 3 is 2.50 bits per heavy atom. The number of carboxylic acid groups (broad SMARTS) is 2. The van der Waals surface area contributed by atoms with Crippen molar-refractivity contribution in [3.63, 3.8) is 0 Å². The first-order chi connectivity index (χ1) is 13.5. The smallest absolute Gasteiger partial charge is 0.290 e. The van der Waals surface area contributed by atoms with Crippen molar-refractivity contribution in [3.05, 3.63) is 42.2 Å². The van der Waals surface area contributed by atoms with E-state index in [0.717, 1.165) is 18.7 Å². The van der Waals surface area contributed by atoms with Crippen LogP contribution in [-0.4, -0.2) is 83.3 Å².